The molecule has 0 aliphatic carbocycles. The summed E-state index contributed by atoms with van der Waals surface area (Å²) in [5.74, 6) is 1.62. The van der Waals surface area contributed by atoms with Gasteiger partial charge in [-0.05, 0) is 37.3 Å². The molecule has 1 aliphatic rings. The zero-order valence-corrected chi connectivity index (χ0v) is 14.3. The largest absolute Gasteiger partial charge is 0.493 e. The number of ether oxygens (including phenoxy) is 1. The maximum atomic E-state index is 12.3. The summed E-state index contributed by atoms with van der Waals surface area (Å²) in [4.78, 5) is 14.0. The smallest absolute Gasteiger partial charge is 0.321 e. The highest BCUT2D eigenvalue weighted by Crippen LogP contribution is 2.24. The van der Waals surface area contributed by atoms with Crippen LogP contribution in [0.4, 0.5) is 10.5 Å². The highest BCUT2D eigenvalue weighted by atomic mass is 16.5. The molecule has 0 aromatic heterocycles. The highest BCUT2D eigenvalue weighted by Gasteiger charge is 2.25. The lowest BCUT2D eigenvalue weighted by atomic mass is 10.1. The average Bonchev–Trinajstić information content (AvgIpc) is 2.99. The van der Waals surface area contributed by atoms with E-state index in [1.165, 1.54) is 0 Å². The Morgan fingerprint density at radius 3 is 2.91 bits per heavy atom. The summed E-state index contributed by atoms with van der Waals surface area (Å²) in [7, 11) is 0. The maximum Gasteiger partial charge on any atom is 0.321 e. The lowest BCUT2D eigenvalue weighted by Gasteiger charge is -2.18. The van der Waals surface area contributed by atoms with E-state index in [0.29, 0.717) is 25.6 Å². The number of aliphatic hydroxyl groups excluding tert-OH is 1. The van der Waals surface area contributed by atoms with Crippen molar-refractivity contribution in [2.75, 3.05) is 31.6 Å². The van der Waals surface area contributed by atoms with E-state index in [1.807, 2.05) is 25.1 Å². The molecule has 2 amide bonds. The summed E-state index contributed by atoms with van der Waals surface area (Å²) in [6.45, 7) is 8.47. The van der Waals surface area contributed by atoms with Gasteiger partial charge in [0.2, 0.25) is 0 Å². The molecule has 23 heavy (non-hydrogen) atoms. The van der Waals surface area contributed by atoms with Crippen LogP contribution in [-0.4, -0.2) is 42.3 Å². The Kier molecular flexibility index (Phi) is 6.28. The molecule has 1 aromatic carbocycles. The number of aliphatic hydroxyl groups is 1. The lowest BCUT2D eigenvalue weighted by Crippen LogP contribution is -2.33. The molecule has 1 atom stereocenters. The molecular formula is C18H28N2O3. The van der Waals surface area contributed by atoms with Gasteiger partial charge in [-0.3, -0.25) is 0 Å². The van der Waals surface area contributed by atoms with Gasteiger partial charge in [-0.15, -0.1) is 0 Å². The van der Waals surface area contributed by atoms with Gasteiger partial charge in [0.15, 0.2) is 0 Å². The first-order valence-electron chi connectivity index (χ1n) is 8.39. The Hall–Kier alpha value is -1.75. The van der Waals surface area contributed by atoms with E-state index < -0.39 is 0 Å². The van der Waals surface area contributed by atoms with Crippen molar-refractivity contribution in [3.8, 4) is 5.75 Å². The number of hydrogen-bond acceptors (Lipinski definition) is 3. The minimum absolute atomic E-state index is 0.113. The van der Waals surface area contributed by atoms with Crippen molar-refractivity contribution in [2.24, 2.45) is 11.8 Å². The molecule has 1 unspecified atom stereocenters. The number of nitrogens with one attached hydrogen (secondary N) is 1. The summed E-state index contributed by atoms with van der Waals surface area (Å²) in [5, 5.41) is 12.1. The van der Waals surface area contributed by atoms with Gasteiger partial charge in [0.1, 0.15) is 5.75 Å². The number of benzene rings is 1. The minimum Gasteiger partial charge on any atom is -0.493 e. The van der Waals surface area contributed by atoms with Gasteiger partial charge in [-0.1, -0.05) is 19.9 Å². The Bertz CT molecular complexity index is 531. The van der Waals surface area contributed by atoms with Crippen molar-refractivity contribution in [1.29, 1.82) is 0 Å². The minimum atomic E-state index is -0.113. The second kappa shape index (κ2) is 8.20. The number of aryl methyl sites for hydroxylation is 1. The number of anilines is 1. The van der Waals surface area contributed by atoms with Crippen LogP contribution in [0.3, 0.4) is 0 Å². The molecule has 1 fully saturated rings. The summed E-state index contributed by atoms with van der Waals surface area (Å²) in [6.07, 6.45) is 1.87. The van der Waals surface area contributed by atoms with Crippen LogP contribution in [0.5, 0.6) is 5.75 Å². The van der Waals surface area contributed by atoms with Crippen molar-refractivity contribution >= 4 is 11.7 Å². The number of hydrogen-bond donors (Lipinski definition) is 2. The molecule has 0 radical (unpaired) electrons. The van der Waals surface area contributed by atoms with Gasteiger partial charge in [0.25, 0.3) is 0 Å². The fourth-order valence-corrected chi connectivity index (χ4v) is 2.61. The molecule has 5 nitrogen and oxygen atoms in total. The Balaban J connectivity index is 1.93. The normalized spacial score (nSPS) is 17.6. The van der Waals surface area contributed by atoms with Crippen molar-refractivity contribution < 1.29 is 14.6 Å². The van der Waals surface area contributed by atoms with Gasteiger partial charge < -0.3 is 20.1 Å². The van der Waals surface area contributed by atoms with Crippen LogP contribution in [-0.2, 0) is 0 Å². The van der Waals surface area contributed by atoms with Crippen molar-refractivity contribution in [3.05, 3.63) is 23.8 Å². The third kappa shape index (κ3) is 5.13. The number of nitrogens with zero attached hydrogens (tertiary/aromatic N) is 1. The zero-order chi connectivity index (χ0) is 16.8. The third-order valence-electron chi connectivity index (χ3n) is 4.22. The van der Waals surface area contributed by atoms with Crippen LogP contribution in [0.1, 0.15) is 32.3 Å². The molecule has 5 heteroatoms. The molecule has 128 valence electrons. The van der Waals surface area contributed by atoms with Crippen LogP contribution >= 0.6 is 0 Å². The van der Waals surface area contributed by atoms with Gasteiger partial charge in [-0.25, -0.2) is 4.79 Å². The Morgan fingerprint density at radius 1 is 1.48 bits per heavy atom. The van der Waals surface area contributed by atoms with Crippen molar-refractivity contribution in [3.63, 3.8) is 0 Å². The third-order valence-corrected chi connectivity index (χ3v) is 4.22. The molecule has 1 aromatic rings. The second-order valence-electron chi connectivity index (χ2n) is 6.72. The highest BCUT2D eigenvalue weighted by molar-refractivity contribution is 5.89. The van der Waals surface area contributed by atoms with Gasteiger partial charge in [0, 0.05) is 37.4 Å². The van der Waals surface area contributed by atoms with Crippen LogP contribution < -0.4 is 10.1 Å². The lowest BCUT2D eigenvalue weighted by molar-refractivity contribution is 0.209. The van der Waals surface area contributed by atoms with Crippen LogP contribution in [0, 0.1) is 18.8 Å². The number of carbonyl (C=O) groups excluding carboxylic acids is 1. The average molecular weight is 320 g/mol. The van der Waals surface area contributed by atoms with E-state index in [-0.39, 0.29) is 18.6 Å². The summed E-state index contributed by atoms with van der Waals surface area (Å²) in [5.41, 5.74) is 1.81. The number of rotatable bonds is 6. The number of carbonyl (C=O) groups is 1. The SMILES string of the molecule is Cc1ccc(NC(=O)N2CCC(CO)C2)cc1OCCC(C)C. The van der Waals surface area contributed by atoms with Crippen LogP contribution in [0.15, 0.2) is 18.2 Å². The van der Waals surface area contributed by atoms with E-state index in [1.54, 1.807) is 4.90 Å². The fourth-order valence-electron chi connectivity index (χ4n) is 2.61. The standard InChI is InChI=1S/C18H28N2O3/c1-13(2)7-9-23-17-10-16(5-4-14(17)3)19-18(22)20-8-6-15(11-20)12-21/h4-5,10,13,15,21H,6-9,11-12H2,1-3H3,(H,19,22). The van der Waals surface area contributed by atoms with E-state index >= 15 is 0 Å². The fraction of sp³-hybridized carbons (Fsp3) is 0.611. The van der Waals surface area contributed by atoms with Gasteiger partial charge in [-0.2, -0.15) is 0 Å². The number of amides is 2. The molecule has 2 N–H and O–H groups in total. The van der Waals surface area contributed by atoms with E-state index in [2.05, 4.69) is 19.2 Å². The summed E-state index contributed by atoms with van der Waals surface area (Å²) in [6, 6.07) is 5.62. The van der Waals surface area contributed by atoms with E-state index in [9.17, 15) is 4.79 Å². The van der Waals surface area contributed by atoms with Gasteiger partial charge >= 0.3 is 6.03 Å². The number of likely N-dealkylation sites (tertiary alicyclic amines) is 1. The van der Waals surface area contributed by atoms with Crippen molar-refractivity contribution in [1.82, 2.24) is 4.90 Å². The molecular weight excluding hydrogens is 292 g/mol. The molecule has 0 bridgehead atoms. The van der Waals surface area contributed by atoms with Gasteiger partial charge in [0.05, 0.1) is 6.61 Å². The topological polar surface area (TPSA) is 61.8 Å². The predicted octanol–water partition coefficient (Wildman–Crippen LogP) is 3.27. The zero-order valence-electron chi connectivity index (χ0n) is 14.3. The Labute approximate surface area is 138 Å². The van der Waals surface area contributed by atoms with Crippen LogP contribution in [0.2, 0.25) is 0 Å². The molecule has 0 spiro atoms. The second-order valence-corrected chi connectivity index (χ2v) is 6.72. The van der Waals surface area contributed by atoms with Crippen LogP contribution in [0.25, 0.3) is 0 Å². The summed E-state index contributed by atoms with van der Waals surface area (Å²) >= 11 is 0. The first-order valence-corrected chi connectivity index (χ1v) is 8.39. The number of urea groups is 1. The van der Waals surface area contributed by atoms with E-state index in [4.69, 9.17) is 9.84 Å². The molecule has 2 rings (SSSR count). The summed E-state index contributed by atoms with van der Waals surface area (Å²) < 4.78 is 5.83. The maximum absolute atomic E-state index is 12.3. The van der Waals surface area contributed by atoms with Crippen molar-refractivity contribution in [2.45, 2.75) is 33.6 Å². The van der Waals surface area contributed by atoms with E-state index in [0.717, 1.165) is 29.8 Å². The molecule has 1 aliphatic heterocycles. The monoisotopic (exact) mass is 320 g/mol. The first kappa shape index (κ1) is 17.6. The Morgan fingerprint density at radius 2 is 2.26 bits per heavy atom. The molecule has 0 saturated carbocycles. The predicted molar refractivity (Wildman–Crippen MR) is 91.9 cm³/mol. The first-order chi connectivity index (χ1) is 11.0. The molecule has 1 saturated heterocycles. The molecule has 1 heterocycles. The quantitative estimate of drug-likeness (QED) is 0.845.